The Balaban J connectivity index is 3.38. The van der Waals surface area contributed by atoms with Crippen LogP contribution >= 0.6 is 15.9 Å². The van der Waals surface area contributed by atoms with Gasteiger partial charge in [-0.15, -0.1) is 0 Å². The standard InChI is InChI=1S/C14H19BrO10/c1-6(17)21-11-10(5-16)25-14(15,24-9(4)20)13(23-8(3)19)12(11)22-7(2)18/h10-13,16H,5H2,1-4H3/t10-,11-,12+,13-,14-/m1/s1. The third-order valence-electron chi connectivity index (χ3n) is 3.00. The number of ether oxygens (including phenoxy) is 5. The van der Waals surface area contributed by atoms with Crippen LogP contribution in [0.5, 0.6) is 0 Å². The molecule has 0 radical (unpaired) electrons. The molecule has 1 heterocycles. The van der Waals surface area contributed by atoms with Crippen LogP contribution in [-0.4, -0.2) is 64.7 Å². The van der Waals surface area contributed by atoms with Gasteiger partial charge in [-0.1, -0.05) is 0 Å². The van der Waals surface area contributed by atoms with E-state index in [1.165, 1.54) is 0 Å². The van der Waals surface area contributed by atoms with Crippen LogP contribution in [0.4, 0.5) is 0 Å². The van der Waals surface area contributed by atoms with Gasteiger partial charge in [0.15, 0.2) is 12.2 Å². The minimum absolute atomic E-state index is 0.670. The van der Waals surface area contributed by atoms with Crippen molar-refractivity contribution < 1.29 is 48.0 Å². The summed E-state index contributed by atoms with van der Waals surface area (Å²) < 4.78 is 23.7. The summed E-state index contributed by atoms with van der Waals surface area (Å²) in [7, 11) is 0. The molecule has 142 valence electrons. The number of hydrogen-bond acceptors (Lipinski definition) is 10. The van der Waals surface area contributed by atoms with Crippen LogP contribution in [0.15, 0.2) is 0 Å². The van der Waals surface area contributed by atoms with Crippen molar-refractivity contribution in [2.45, 2.75) is 56.8 Å². The molecular weight excluding hydrogens is 408 g/mol. The predicted octanol–water partition coefficient (Wildman–Crippen LogP) is -0.216. The van der Waals surface area contributed by atoms with Gasteiger partial charge in [0.05, 0.1) is 6.61 Å². The van der Waals surface area contributed by atoms with Gasteiger partial charge in [-0.05, 0) is 15.9 Å². The number of carbonyl (C=O) groups excluding carboxylic acids is 4. The number of esters is 4. The largest absolute Gasteiger partial charge is 0.456 e. The first-order valence-electron chi connectivity index (χ1n) is 7.19. The fourth-order valence-corrected chi connectivity index (χ4v) is 3.13. The Labute approximate surface area is 151 Å². The lowest BCUT2D eigenvalue weighted by Gasteiger charge is -2.47. The third kappa shape index (κ3) is 5.65. The van der Waals surface area contributed by atoms with Gasteiger partial charge in [-0.2, -0.15) is 0 Å². The molecule has 0 amide bonds. The molecule has 0 aliphatic carbocycles. The average molecular weight is 427 g/mol. The second-order valence-corrected chi connectivity index (χ2v) is 6.30. The smallest absolute Gasteiger partial charge is 0.312 e. The van der Waals surface area contributed by atoms with Crippen LogP contribution in [-0.2, 0) is 42.9 Å². The molecule has 10 nitrogen and oxygen atoms in total. The van der Waals surface area contributed by atoms with E-state index in [-0.39, 0.29) is 0 Å². The first-order chi connectivity index (χ1) is 11.5. The Morgan fingerprint density at radius 2 is 1.40 bits per heavy atom. The van der Waals surface area contributed by atoms with E-state index in [0.29, 0.717) is 0 Å². The van der Waals surface area contributed by atoms with E-state index in [0.717, 1.165) is 27.7 Å². The van der Waals surface area contributed by atoms with Crippen LogP contribution in [0.3, 0.4) is 0 Å². The summed E-state index contributed by atoms with van der Waals surface area (Å²) in [6.45, 7) is 3.66. The van der Waals surface area contributed by atoms with Crippen molar-refractivity contribution in [1.29, 1.82) is 0 Å². The summed E-state index contributed by atoms with van der Waals surface area (Å²) in [5.74, 6) is -3.14. The Morgan fingerprint density at radius 1 is 0.920 bits per heavy atom. The number of carbonyl (C=O) groups is 4. The normalized spacial score (nSPS) is 31.6. The Hall–Kier alpha value is -1.72. The van der Waals surface area contributed by atoms with Crippen molar-refractivity contribution in [3.63, 3.8) is 0 Å². The molecule has 0 unspecified atom stereocenters. The van der Waals surface area contributed by atoms with Gasteiger partial charge in [0.1, 0.15) is 6.10 Å². The molecule has 0 spiro atoms. The zero-order valence-corrected chi connectivity index (χ0v) is 15.6. The van der Waals surface area contributed by atoms with Gasteiger partial charge < -0.3 is 28.8 Å². The minimum atomic E-state index is -2.06. The zero-order chi connectivity index (χ0) is 19.4. The van der Waals surface area contributed by atoms with Gasteiger partial charge >= 0.3 is 28.6 Å². The number of aliphatic hydroxyl groups excluding tert-OH is 1. The second-order valence-electron chi connectivity index (χ2n) is 5.19. The highest BCUT2D eigenvalue weighted by molar-refractivity contribution is 9.10. The molecule has 11 heteroatoms. The highest BCUT2D eigenvalue weighted by Crippen LogP contribution is 2.40. The summed E-state index contributed by atoms with van der Waals surface area (Å²) in [5, 5.41) is 9.53. The predicted molar refractivity (Wildman–Crippen MR) is 82.0 cm³/mol. The molecule has 0 aromatic rings. The fraction of sp³-hybridized carbons (Fsp3) is 0.714. The average Bonchev–Trinajstić information content (AvgIpc) is 2.43. The van der Waals surface area contributed by atoms with Gasteiger partial charge in [0.2, 0.25) is 6.10 Å². The molecule has 1 aliphatic heterocycles. The van der Waals surface area contributed by atoms with Crippen LogP contribution in [0.25, 0.3) is 0 Å². The van der Waals surface area contributed by atoms with Crippen molar-refractivity contribution >= 4 is 39.8 Å². The fourth-order valence-electron chi connectivity index (χ4n) is 2.31. The van der Waals surface area contributed by atoms with E-state index in [1.807, 2.05) is 0 Å². The third-order valence-corrected chi connectivity index (χ3v) is 3.80. The van der Waals surface area contributed by atoms with E-state index < -0.39 is 59.6 Å². The van der Waals surface area contributed by atoms with E-state index in [9.17, 15) is 24.3 Å². The lowest BCUT2D eigenvalue weighted by molar-refractivity contribution is -0.312. The monoisotopic (exact) mass is 426 g/mol. The summed E-state index contributed by atoms with van der Waals surface area (Å²) in [6, 6.07) is 0. The Kier molecular flexibility index (Phi) is 7.32. The number of aliphatic hydroxyl groups is 1. The topological polar surface area (TPSA) is 135 Å². The molecule has 1 rings (SSSR count). The molecule has 1 aliphatic rings. The minimum Gasteiger partial charge on any atom is -0.456 e. The quantitative estimate of drug-likeness (QED) is 0.357. The number of alkyl halides is 1. The lowest BCUT2D eigenvalue weighted by atomic mass is 9.98. The number of hydrogen-bond donors (Lipinski definition) is 1. The molecule has 0 aromatic carbocycles. The molecule has 1 N–H and O–H groups in total. The molecular formula is C14H19BrO10. The van der Waals surface area contributed by atoms with Gasteiger partial charge in [0, 0.05) is 27.7 Å². The molecule has 1 fully saturated rings. The Morgan fingerprint density at radius 3 is 1.80 bits per heavy atom. The maximum Gasteiger partial charge on any atom is 0.312 e. The van der Waals surface area contributed by atoms with Crippen LogP contribution in [0.2, 0.25) is 0 Å². The maximum absolute atomic E-state index is 11.5. The van der Waals surface area contributed by atoms with Crippen LogP contribution < -0.4 is 0 Å². The summed E-state index contributed by atoms with van der Waals surface area (Å²) in [6.07, 6.45) is -5.46. The van der Waals surface area contributed by atoms with Crippen molar-refractivity contribution in [3.8, 4) is 0 Å². The van der Waals surface area contributed by atoms with E-state index in [4.69, 9.17) is 23.7 Å². The van der Waals surface area contributed by atoms with Crippen molar-refractivity contribution in [2.24, 2.45) is 0 Å². The number of halogens is 1. The first-order valence-corrected chi connectivity index (χ1v) is 7.98. The van der Waals surface area contributed by atoms with Crippen LogP contribution in [0, 0.1) is 0 Å². The number of rotatable bonds is 5. The first kappa shape index (κ1) is 21.3. The summed E-state index contributed by atoms with van der Waals surface area (Å²) in [5.41, 5.74) is 0. The van der Waals surface area contributed by atoms with Gasteiger partial charge in [-0.3, -0.25) is 19.2 Å². The summed E-state index contributed by atoms with van der Waals surface area (Å²) in [4.78, 5) is 45.7. The Bertz CT molecular complexity index is 550. The van der Waals surface area contributed by atoms with E-state index in [1.54, 1.807) is 0 Å². The highest BCUT2D eigenvalue weighted by atomic mass is 79.9. The molecule has 0 saturated carbocycles. The van der Waals surface area contributed by atoms with Gasteiger partial charge in [0.25, 0.3) is 0 Å². The van der Waals surface area contributed by atoms with Crippen molar-refractivity contribution in [2.75, 3.05) is 6.61 Å². The molecule has 0 bridgehead atoms. The van der Waals surface area contributed by atoms with E-state index in [2.05, 4.69) is 15.9 Å². The molecule has 1 saturated heterocycles. The zero-order valence-electron chi connectivity index (χ0n) is 14.0. The molecule has 0 aromatic heterocycles. The highest BCUT2D eigenvalue weighted by Gasteiger charge is 2.61. The lowest BCUT2D eigenvalue weighted by Crippen LogP contribution is -2.66. The molecule has 5 atom stereocenters. The van der Waals surface area contributed by atoms with Crippen molar-refractivity contribution in [1.82, 2.24) is 0 Å². The van der Waals surface area contributed by atoms with E-state index >= 15 is 0 Å². The SMILES string of the molecule is CC(=O)O[C@H]1[C@H](OC(C)=O)[C@@H](CO)O[C@](Br)(OC(C)=O)[C@@H]1OC(C)=O. The molecule has 25 heavy (non-hydrogen) atoms. The van der Waals surface area contributed by atoms with Crippen molar-refractivity contribution in [3.05, 3.63) is 0 Å². The second kappa shape index (κ2) is 8.59. The van der Waals surface area contributed by atoms with Crippen LogP contribution in [0.1, 0.15) is 27.7 Å². The van der Waals surface area contributed by atoms with Gasteiger partial charge in [-0.25, -0.2) is 0 Å². The summed E-state index contributed by atoms with van der Waals surface area (Å²) >= 11 is 3.01. The maximum atomic E-state index is 11.5.